The van der Waals surface area contributed by atoms with Crippen molar-refractivity contribution in [3.05, 3.63) is 35.9 Å². The number of aryl methyl sites for hydroxylation is 1. The second-order valence-corrected chi connectivity index (χ2v) is 7.32. The van der Waals surface area contributed by atoms with Crippen molar-refractivity contribution < 1.29 is 4.79 Å². The summed E-state index contributed by atoms with van der Waals surface area (Å²) in [6, 6.07) is 10.6. The Bertz CT molecular complexity index is 401. The van der Waals surface area contributed by atoms with Crippen LogP contribution < -0.4 is 0 Å². The number of Topliss-reactive ketones (excluding diaryl/α,β-unsaturated/α-hetero) is 1. The second-order valence-electron chi connectivity index (χ2n) is 6.53. The van der Waals surface area contributed by atoms with Crippen LogP contribution in [0.25, 0.3) is 0 Å². The van der Waals surface area contributed by atoms with Gasteiger partial charge < -0.3 is 4.79 Å². The van der Waals surface area contributed by atoms with Gasteiger partial charge in [0.1, 0.15) is 5.78 Å². The molecule has 0 saturated carbocycles. The number of hydrogen-bond acceptors (Lipinski definition) is 1. The van der Waals surface area contributed by atoms with Crippen LogP contribution in [-0.4, -0.2) is 11.1 Å². The monoisotopic (exact) mass is 352 g/mol. The normalized spacial score (nSPS) is 13.9. The molecule has 1 atom stereocenters. The van der Waals surface area contributed by atoms with E-state index in [9.17, 15) is 4.79 Å². The zero-order valence-corrected chi connectivity index (χ0v) is 15.1. The van der Waals surface area contributed by atoms with Crippen LogP contribution in [-0.2, 0) is 11.2 Å². The van der Waals surface area contributed by atoms with E-state index >= 15 is 0 Å². The lowest BCUT2D eigenvalue weighted by Crippen LogP contribution is -2.21. The van der Waals surface area contributed by atoms with E-state index in [-0.39, 0.29) is 5.41 Å². The molecule has 118 valence electrons. The van der Waals surface area contributed by atoms with Crippen molar-refractivity contribution >= 4 is 21.7 Å². The third-order valence-corrected chi connectivity index (χ3v) is 4.76. The molecule has 0 amide bonds. The molecule has 0 heterocycles. The summed E-state index contributed by atoms with van der Waals surface area (Å²) in [5.74, 6) is 0.325. The maximum absolute atomic E-state index is 11.6. The Morgan fingerprint density at radius 3 is 2.33 bits per heavy atom. The number of hydrogen-bond donors (Lipinski definition) is 0. The molecule has 0 radical (unpaired) electrons. The molecule has 2 heteroatoms. The largest absolute Gasteiger partial charge is 0.300 e. The van der Waals surface area contributed by atoms with Gasteiger partial charge in [0.05, 0.1) is 0 Å². The van der Waals surface area contributed by atoms with Crippen LogP contribution in [0.2, 0.25) is 0 Å². The van der Waals surface area contributed by atoms with E-state index in [2.05, 4.69) is 53.2 Å². The predicted molar refractivity (Wildman–Crippen MR) is 95.0 cm³/mol. The van der Waals surface area contributed by atoms with Crippen molar-refractivity contribution in [1.82, 2.24) is 0 Å². The van der Waals surface area contributed by atoms with Crippen LogP contribution in [0.5, 0.6) is 0 Å². The minimum Gasteiger partial charge on any atom is -0.300 e. The smallest absolute Gasteiger partial charge is 0.130 e. The third-order valence-electron chi connectivity index (χ3n) is 4.20. The Hall–Kier alpha value is -0.630. The molecule has 1 aromatic rings. The van der Waals surface area contributed by atoms with Crippen molar-refractivity contribution in [2.45, 2.75) is 65.2 Å². The van der Waals surface area contributed by atoms with E-state index in [0.717, 1.165) is 24.6 Å². The van der Waals surface area contributed by atoms with Crippen LogP contribution in [0.4, 0.5) is 0 Å². The molecule has 0 spiro atoms. The first-order chi connectivity index (χ1) is 10.1. The molecule has 0 bridgehead atoms. The second kappa shape index (κ2) is 10.2. The molecular formula is C19H29BrO. The maximum Gasteiger partial charge on any atom is 0.130 e. The highest BCUT2D eigenvalue weighted by Gasteiger charge is 2.25. The van der Waals surface area contributed by atoms with Gasteiger partial charge in [-0.1, -0.05) is 72.4 Å². The highest BCUT2D eigenvalue weighted by atomic mass is 79.9. The first-order valence-corrected chi connectivity index (χ1v) is 9.27. The third kappa shape index (κ3) is 8.40. The number of carbonyl (C=O) groups excluding carboxylic acids is 1. The van der Waals surface area contributed by atoms with Gasteiger partial charge in [-0.15, -0.1) is 0 Å². The molecule has 0 aliphatic heterocycles. The van der Waals surface area contributed by atoms with E-state index < -0.39 is 0 Å². The Morgan fingerprint density at radius 1 is 1.05 bits per heavy atom. The van der Waals surface area contributed by atoms with E-state index in [0.29, 0.717) is 5.78 Å². The van der Waals surface area contributed by atoms with Crippen LogP contribution in [0.3, 0.4) is 0 Å². The molecule has 0 N–H and O–H groups in total. The number of benzene rings is 1. The maximum atomic E-state index is 11.6. The summed E-state index contributed by atoms with van der Waals surface area (Å²) in [5, 5.41) is 1.10. The van der Waals surface area contributed by atoms with Gasteiger partial charge in [-0.2, -0.15) is 0 Å². The highest BCUT2D eigenvalue weighted by molar-refractivity contribution is 9.09. The number of rotatable bonds is 11. The van der Waals surface area contributed by atoms with E-state index in [1.807, 2.05) is 0 Å². The summed E-state index contributed by atoms with van der Waals surface area (Å²) < 4.78 is 0. The van der Waals surface area contributed by atoms with Gasteiger partial charge in [0.2, 0.25) is 0 Å². The minimum atomic E-state index is 0.163. The number of unbranched alkanes of at least 4 members (excludes halogenated alkanes) is 3. The molecule has 0 fully saturated rings. The Balaban J connectivity index is 2.46. The fourth-order valence-corrected chi connectivity index (χ4v) is 3.39. The van der Waals surface area contributed by atoms with Crippen LogP contribution >= 0.6 is 15.9 Å². The van der Waals surface area contributed by atoms with E-state index in [1.54, 1.807) is 6.92 Å². The van der Waals surface area contributed by atoms with Gasteiger partial charge in [0.25, 0.3) is 0 Å². The van der Waals surface area contributed by atoms with E-state index in [4.69, 9.17) is 0 Å². The SMILES string of the molecule is CC(=O)C[C@](C)(CCCCCCBr)CCc1ccccc1. The van der Waals surface area contributed by atoms with Crippen molar-refractivity contribution in [3.8, 4) is 0 Å². The fourth-order valence-electron chi connectivity index (χ4n) is 2.99. The molecule has 21 heavy (non-hydrogen) atoms. The van der Waals surface area contributed by atoms with Crippen molar-refractivity contribution in [2.75, 3.05) is 5.33 Å². The number of alkyl halides is 1. The Morgan fingerprint density at radius 2 is 1.71 bits per heavy atom. The Labute approximate surface area is 138 Å². The molecule has 1 nitrogen and oxygen atoms in total. The van der Waals surface area contributed by atoms with Crippen molar-refractivity contribution in [1.29, 1.82) is 0 Å². The summed E-state index contributed by atoms with van der Waals surface area (Å²) in [7, 11) is 0. The molecule has 1 aromatic carbocycles. The molecule has 0 aliphatic carbocycles. The van der Waals surface area contributed by atoms with Crippen molar-refractivity contribution in [2.24, 2.45) is 5.41 Å². The molecule has 1 rings (SSSR count). The van der Waals surface area contributed by atoms with Crippen LogP contribution in [0.1, 0.15) is 64.4 Å². The zero-order chi connectivity index (χ0) is 15.6. The minimum absolute atomic E-state index is 0.163. The van der Waals surface area contributed by atoms with E-state index in [1.165, 1.54) is 37.7 Å². The van der Waals surface area contributed by atoms with Gasteiger partial charge in [-0.25, -0.2) is 0 Å². The van der Waals surface area contributed by atoms with Gasteiger partial charge in [0, 0.05) is 11.8 Å². The van der Waals surface area contributed by atoms with Crippen molar-refractivity contribution in [3.63, 3.8) is 0 Å². The number of ketones is 1. The van der Waals surface area contributed by atoms with Gasteiger partial charge in [0.15, 0.2) is 0 Å². The fraction of sp³-hybridized carbons (Fsp3) is 0.632. The molecular weight excluding hydrogens is 324 g/mol. The number of carbonyl (C=O) groups is 1. The lowest BCUT2D eigenvalue weighted by molar-refractivity contribution is -0.119. The summed E-state index contributed by atoms with van der Waals surface area (Å²) >= 11 is 3.48. The molecule has 0 aromatic heterocycles. The highest BCUT2D eigenvalue weighted by Crippen LogP contribution is 2.34. The standard InChI is InChI=1S/C19H29BrO/c1-17(21)16-19(2,13-8-3-4-9-15-20)14-12-18-10-6-5-7-11-18/h5-7,10-11H,3-4,8-9,12-16H2,1-2H3/t19-/m1/s1. The first-order valence-electron chi connectivity index (χ1n) is 8.15. The quantitative estimate of drug-likeness (QED) is 0.355. The van der Waals surface area contributed by atoms with Gasteiger partial charge in [-0.3, -0.25) is 0 Å². The van der Waals surface area contributed by atoms with Crippen LogP contribution in [0.15, 0.2) is 30.3 Å². The summed E-state index contributed by atoms with van der Waals surface area (Å²) in [6.45, 7) is 4.02. The van der Waals surface area contributed by atoms with Gasteiger partial charge >= 0.3 is 0 Å². The lowest BCUT2D eigenvalue weighted by Gasteiger charge is -2.29. The summed E-state index contributed by atoms with van der Waals surface area (Å²) in [5.41, 5.74) is 1.54. The predicted octanol–water partition coefficient (Wildman–Crippen LogP) is 5.95. The number of halogens is 1. The summed E-state index contributed by atoms with van der Waals surface area (Å²) in [6.07, 6.45) is 9.14. The van der Waals surface area contributed by atoms with Crippen LogP contribution in [0, 0.1) is 5.41 Å². The lowest BCUT2D eigenvalue weighted by atomic mass is 9.76. The van der Waals surface area contributed by atoms with Gasteiger partial charge in [-0.05, 0) is 43.6 Å². The topological polar surface area (TPSA) is 17.1 Å². The average Bonchev–Trinajstić information content (AvgIpc) is 2.45. The summed E-state index contributed by atoms with van der Waals surface area (Å²) in [4.78, 5) is 11.6. The average molecular weight is 353 g/mol. The molecule has 0 saturated heterocycles. The molecule has 0 unspecified atom stereocenters. The Kier molecular flexibility index (Phi) is 8.91. The molecule has 0 aliphatic rings. The zero-order valence-electron chi connectivity index (χ0n) is 13.5. The first kappa shape index (κ1) is 18.4.